The highest BCUT2D eigenvalue weighted by Gasteiger charge is 2.26. The number of anilines is 1. The molecule has 1 aliphatic carbocycles. The van der Waals surface area contributed by atoms with E-state index in [1.165, 1.54) is 0 Å². The number of carbonyl (C=O) groups excluding carboxylic acids is 2. The first-order valence-corrected chi connectivity index (χ1v) is 11.2. The molecular formula is C23H36N4O4. The molecule has 31 heavy (non-hydrogen) atoms. The smallest absolute Gasteiger partial charge is 0.319 e. The number of nitrogens with zero attached hydrogens (tertiary/aromatic N) is 1. The summed E-state index contributed by atoms with van der Waals surface area (Å²) in [5.41, 5.74) is 0.992. The van der Waals surface area contributed by atoms with Crippen LogP contribution in [-0.2, 0) is 4.74 Å². The van der Waals surface area contributed by atoms with Crippen molar-refractivity contribution in [1.29, 1.82) is 0 Å². The van der Waals surface area contributed by atoms with Crippen molar-refractivity contribution in [3.63, 3.8) is 0 Å². The molecule has 1 saturated carbocycles. The molecule has 0 spiro atoms. The van der Waals surface area contributed by atoms with Crippen LogP contribution in [0.2, 0.25) is 0 Å². The third-order valence-electron chi connectivity index (χ3n) is 6.17. The van der Waals surface area contributed by atoms with Gasteiger partial charge in [-0.15, -0.1) is 0 Å². The number of hydrogen-bond donors (Lipinski definition) is 3. The molecule has 0 bridgehead atoms. The predicted octanol–water partition coefficient (Wildman–Crippen LogP) is 2.84. The van der Waals surface area contributed by atoms with Gasteiger partial charge in [-0.25, -0.2) is 4.79 Å². The highest BCUT2D eigenvalue weighted by molar-refractivity contribution is 5.99. The molecule has 1 aromatic rings. The van der Waals surface area contributed by atoms with E-state index in [4.69, 9.17) is 9.47 Å². The molecule has 1 aliphatic heterocycles. The summed E-state index contributed by atoms with van der Waals surface area (Å²) in [5, 5.41) is 9.34. The maximum Gasteiger partial charge on any atom is 0.319 e. The maximum atomic E-state index is 13.3. The SMILES string of the molecule is CO[C@H]1CN(C)C(=O)c2cc(NC(=O)NC3CCCC3)ccc2OC[C@H](C)NC[C@@H]1C. The van der Waals surface area contributed by atoms with E-state index in [1.54, 1.807) is 37.3 Å². The van der Waals surface area contributed by atoms with Gasteiger partial charge in [-0.3, -0.25) is 4.79 Å². The molecule has 0 saturated heterocycles. The number of nitrogens with one attached hydrogen (secondary N) is 3. The van der Waals surface area contributed by atoms with E-state index in [0.29, 0.717) is 30.2 Å². The highest BCUT2D eigenvalue weighted by atomic mass is 16.5. The molecule has 3 rings (SSSR count). The fourth-order valence-corrected chi connectivity index (χ4v) is 4.16. The third-order valence-corrected chi connectivity index (χ3v) is 6.17. The van der Waals surface area contributed by atoms with Crippen LogP contribution < -0.4 is 20.7 Å². The second-order valence-electron chi connectivity index (χ2n) is 8.85. The lowest BCUT2D eigenvalue weighted by atomic mass is 10.0. The van der Waals surface area contributed by atoms with Gasteiger partial charge in [-0.2, -0.15) is 0 Å². The summed E-state index contributed by atoms with van der Waals surface area (Å²) in [6, 6.07) is 5.31. The molecule has 0 unspecified atom stereocenters. The van der Waals surface area contributed by atoms with E-state index in [1.807, 2.05) is 0 Å². The number of ether oxygens (including phenoxy) is 2. The van der Waals surface area contributed by atoms with E-state index in [0.717, 1.165) is 32.2 Å². The first-order chi connectivity index (χ1) is 14.9. The van der Waals surface area contributed by atoms with Gasteiger partial charge in [0, 0.05) is 45.0 Å². The number of urea groups is 1. The Bertz CT molecular complexity index is 766. The minimum atomic E-state index is -0.243. The molecule has 172 valence electrons. The fraction of sp³-hybridized carbons (Fsp3) is 0.652. The topological polar surface area (TPSA) is 91.9 Å². The minimum Gasteiger partial charge on any atom is -0.491 e. The van der Waals surface area contributed by atoms with Crippen molar-refractivity contribution in [3.05, 3.63) is 23.8 Å². The van der Waals surface area contributed by atoms with Crippen LogP contribution in [0.25, 0.3) is 0 Å². The summed E-state index contributed by atoms with van der Waals surface area (Å²) in [5.74, 6) is 0.578. The van der Waals surface area contributed by atoms with Crippen LogP contribution in [0.1, 0.15) is 49.9 Å². The standard InChI is InChI=1S/C23H36N4O4/c1-15-12-24-16(2)14-31-20-10-9-18(26-23(29)25-17-7-5-6-8-17)11-19(20)22(28)27(3)13-21(15)30-4/h9-11,15-17,21,24H,5-8,12-14H2,1-4H3,(H2,25,26,29)/t15-,16-,21-/m0/s1. The second kappa shape index (κ2) is 10.8. The number of fused-ring (bicyclic) bond motifs is 1. The lowest BCUT2D eigenvalue weighted by Crippen LogP contribution is -2.44. The van der Waals surface area contributed by atoms with Gasteiger partial charge < -0.3 is 30.3 Å². The van der Waals surface area contributed by atoms with Crippen LogP contribution in [-0.4, -0.2) is 68.9 Å². The van der Waals surface area contributed by atoms with Crippen LogP contribution in [0.3, 0.4) is 0 Å². The van der Waals surface area contributed by atoms with Crippen molar-refractivity contribution >= 4 is 17.6 Å². The first kappa shape index (κ1) is 23.3. The molecular weight excluding hydrogens is 396 g/mol. The van der Waals surface area contributed by atoms with E-state index in [-0.39, 0.29) is 36.0 Å². The number of benzene rings is 1. The quantitative estimate of drug-likeness (QED) is 0.683. The van der Waals surface area contributed by atoms with Gasteiger partial charge in [-0.05, 0) is 43.9 Å². The van der Waals surface area contributed by atoms with Crippen LogP contribution in [0, 0.1) is 5.92 Å². The van der Waals surface area contributed by atoms with E-state index < -0.39 is 0 Å². The fourth-order valence-electron chi connectivity index (χ4n) is 4.16. The zero-order chi connectivity index (χ0) is 22.4. The summed E-state index contributed by atoms with van der Waals surface area (Å²) in [6.07, 6.45) is 4.24. The molecule has 1 aromatic carbocycles. The number of rotatable bonds is 3. The van der Waals surface area contributed by atoms with Gasteiger partial charge in [0.25, 0.3) is 5.91 Å². The molecule has 0 aromatic heterocycles. The molecule has 8 heteroatoms. The van der Waals surface area contributed by atoms with Crippen molar-refractivity contribution in [2.75, 3.05) is 39.2 Å². The second-order valence-corrected chi connectivity index (χ2v) is 8.85. The van der Waals surface area contributed by atoms with Gasteiger partial charge >= 0.3 is 6.03 Å². The number of amides is 3. The molecule has 1 heterocycles. The van der Waals surface area contributed by atoms with Crippen LogP contribution >= 0.6 is 0 Å². The molecule has 8 nitrogen and oxygen atoms in total. The summed E-state index contributed by atoms with van der Waals surface area (Å²) in [4.78, 5) is 27.3. The Kier molecular flexibility index (Phi) is 8.15. The van der Waals surface area contributed by atoms with Crippen molar-refractivity contribution in [2.45, 2.75) is 57.7 Å². The molecule has 3 N–H and O–H groups in total. The molecule has 0 radical (unpaired) electrons. The Morgan fingerprint density at radius 1 is 1.26 bits per heavy atom. The zero-order valence-electron chi connectivity index (χ0n) is 19.1. The van der Waals surface area contributed by atoms with Crippen molar-refractivity contribution in [2.24, 2.45) is 5.92 Å². The monoisotopic (exact) mass is 432 g/mol. The summed E-state index contributed by atoms with van der Waals surface area (Å²) in [7, 11) is 3.44. The van der Waals surface area contributed by atoms with Crippen molar-refractivity contribution in [1.82, 2.24) is 15.5 Å². The Balaban J connectivity index is 1.80. The first-order valence-electron chi connectivity index (χ1n) is 11.2. The summed E-state index contributed by atoms with van der Waals surface area (Å²) in [6.45, 7) is 5.83. The molecule has 3 amide bonds. The van der Waals surface area contributed by atoms with E-state index in [9.17, 15) is 9.59 Å². The Morgan fingerprint density at radius 3 is 2.71 bits per heavy atom. The largest absolute Gasteiger partial charge is 0.491 e. The van der Waals surface area contributed by atoms with Gasteiger partial charge in [-0.1, -0.05) is 19.8 Å². The van der Waals surface area contributed by atoms with Gasteiger partial charge in [0.05, 0.1) is 11.7 Å². The average molecular weight is 433 g/mol. The normalized spacial score (nSPS) is 25.7. The van der Waals surface area contributed by atoms with Crippen LogP contribution in [0.5, 0.6) is 5.75 Å². The number of hydrogen-bond acceptors (Lipinski definition) is 5. The zero-order valence-corrected chi connectivity index (χ0v) is 19.1. The Morgan fingerprint density at radius 2 is 2.00 bits per heavy atom. The number of carbonyl (C=O) groups is 2. The summed E-state index contributed by atoms with van der Waals surface area (Å²) >= 11 is 0. The summed E-state index contributed by atoms with van der Waals surface area (Å²) < 4.78 is 11.6. The molecule has 3 atom stereocenters. The van der Waals surface area contributed by atoms with Crippen molar-refractivity contribution < 1.29 is 19.1 Å². The predicted molar refractivity (Wildman–Crippen MR) is 121 cm³/mol. The molecule has 1 fully saturated rings. The lowest BCUT2D eigenvalue weighted by Gasteiger charge is -2.30. The molecule has 2 aliphatic rings. The van der Waals surface area contributed by atoms with Gasteiger partial charge in [0.1, 0.15) is 12.4 Å². The van der Waals surface area contributed by atoms with Crippen LogP contribution in [0.4, 0.5) is 10.5 Å². The number of likely N-dealkylation sites (N-methyl/N-ethyl adjacent to an activating group) is 1. The third kappa shape index (κ3) is 6.33. The minimum absolute atomic E-state index is 0.0871. The highest BCUT2D eigenvalue weighted by Crippen LogP contribution is 2.26. The average Bonchev–Trinajstić information content (AvgIpc) is 3.26. The van der Waals surface area contributed by atoms with Crippen LogP contribution in [0.15, 0.2) is 18.2 Å². The van der Waals surface area contributed by atoms with E-state index >= 15 is 0 Å². The lowest BCUT2D eigenvalue weighted by molar-refractivity contribution is 0.0281. The van der Waals surface area contributed by atoms with E-state index in [2.05, 4.69) is 29.8 Å². The number of methoxy groups -OCH3 is 1. The maximum absolute atomic E-state index is 13.3. The Labute approximate surface area is 185 Å². The van der Waals surface area contributed by atoms with Crippen molar-refractivity contribution in [3.8, 4) is 5.75 Å². The Hall–Kier alpha value is -2.32. The van der Waals surface area contributed by atoms with Gasteiger partial charge in [0.2, 0.25) is 0 Å². The van der Waals surface area contributed by atoms with Gasteiger partial charge in [0.15, 0.2) is 0 Å².